The lowest BCUT2D eigenvalue weighted by atomic mass is 10.2. The van der Waals surface area contributed by atoms with Gasteiger partial charge in [-0.25, -0.2) is 4.98 Å². The summed E-state index contributed by atoms with van der Waals surface area (Å²) in [5.74, 6) is 1.77. The minimum absolute atomic E-state index is 0.514. The highest BCUT2D eigenvalue weighted by atomic mass is 15.2. The van der Waals surface area contributed by atoms with Gasteiger partial charge in [0.2, 0.25) is 5.95 Å². The largest absolute Gasteiger partial charge is 0.353 e. The maximum atomic E-state index is 4.39. The van der Waals surface area contributed by atoms with Gasteiger partial charge in [0.15, 0.2) is 0 Å². The number of anilines is 1. The van der Waals surface area contributed by atoms with Crippen molar-refractivity contribution in [3.8, 4) is 5.69 Å². The van der Waals surface area contributed by atoms with Crippen molar-refractivity contribution in [3.63, 3.8) is 0 Å². The van der Waals surface area contributed by atoms with Crippen molar-refractivity contribution in [2.24, 2.45) is 5.92 Å². The summed E-state index contributed by atoms with van der Waals surface area (Å²) in [6, 6.07) is 10.8. The number of rotatable bonds is 4. The Morgan fingerprint density at radius 3 is 2.76 bits per heavy atom. The van der Waals surface area contributed by atoms with Gasteiger partial charge in [0, 0.05) is 24.1 Å². The zero-order valence-electron chi connectivity index (χ0n) is 10.0. The second-order valence-electron chi connectivity index (χ2n) is 4.73. The Hall–Kier alpha value is -1.77. The zero-order valence-corrected chi connectivity index (χ0v) is 10.0. The molecular formula is C14H17N3. The average molecular weight is 227 g/mol. The smallest absolute Gasteiger partial charge is 0.207 e. The number of benzene rings is 1. The van der Waals surface area contributed by atoms with Crippen LogP contribution in [0.4, 0.5) is 5.95 Å². The van der Waals surface area contributed by atoms with E-state index in [4.69, 9.17) is 0 Å². The minimum atomic E-state index is 0.514. The van der Waals surface area contributed by atoms with E-state index in [0.717, 1.165) is 17.6 Å². The number of hydrogen-bond acceptors (Lipinski definition) is 2. The van der Waals surface area contributed by atoms with Gasteiger partial charge in [0.05, 0.1) is 0 Å². The summed E-state index contributed by atoms with van der Waals surface area (Å²) in [7, 11) is 0. The van der Waals surface area contributed by atoms with Crippen LogP contribution in [0.5, 0.6) is 0 Å². The van der Waals surface area contributed by atoms with Crippen molar-refractivity contribution in [2.75, 3.05) is 5.32 Å². The van der Waals surface area contributed by atoms with Crippen LogP contribution in [0.1, 0.15) is 19.8 Å². The monoisotopic (exact) mass is 227 g/mol. The first-order valence-electron chi connectivity index (χ1n) is 6.20. The van der Waals surface area contributed by atoms with Gasteiger partial charge in [-0.2, -0.15) is 0 Å². The summed E-state index contributed by atoms with van der Waals surface area (Å²) in [5.41, 5.74) is 1.15. The van der Waals surface area contributed by atoms with Crippen molar-refractivity contribution < 1.29 is 0 Å². The van der Waals surface area contributed by atoms with E-state index in [9.17, 15) is 0 Å². The molecule has 1 aliphatic rings. The molecule has 0 radical (unpaired) electrons. The van der Waals surface area contributed by atoms with Crippen LogP contribution in [0.15, 0.2) is 42.7 Å². The summed E-state index contributed by atoms with van der Waals surface area (Å²) in [6.45, 7) is 2.24. The van der Waals surface area contributed by atoms with E-state index in [1.807, 2.05) is 30.6 Å². The van der Waals surface area contributed by atoms with Crippen LogP contribution in [0.25, 0.3) is 5.69 Å². The molecule has 1 aromatic carbocycles. The molecule has 17 heavy (non-hydrogen) atoms. The second kappa shape index (κ2) is 4.24. The third-order valence-electron chi connectivity index (χ3n) is 3.36. The van der Waals surface area contributed by atoms with Gasteiger partial charge in [0.1, 0.15) is 0 Å². The Balaban J connectivity index is 1.83. The van der Waals surface area contributed by atoms with Crippen LogP contribution < -0.4 is 5.32 Å². The Morgan fingerprint density at radius 1 is 1.29 bits per heavy atom. The fourth-order valence-corrected chi connectivity index (χ4v) is 2.12. The van der Waals surface area contributed by atoms with Crippen molar-refractivity contribution in [3.05, 3.63) is 42.7 Å². The topological polar surface area (TPSA) is 29.9 Å². The van der Waals surface area contributed by atoms with Gasteiger partial charge < -0.3 is 5.32 Å². The lowest BCUT2D eigenvalue weighted by Gasteiger charge is -2.15. The molecule has 3 nitrogen and oxygen atoms in total. The van der Waals surface area contributed by atoms with E-state index in [1.165, 1.54) is 12.8 Å². The van der Waals surface area contributed by atoms with Crippen LogP contribution >= 0.6 is 0 Å². The van der Waals surface area contributed by atoms with Crippen molar-refractivity contribution in [1.82, 2.24) is 9.55 Å². The number of imidazole rings is 1. The van der Waals surface area contributed by atoms with E-state index in [0.29, 0.717) is 6.04 Å². The van der Waals surface area contributed by atoms with Crippen LogP contribution in [0.2, 0.25) is 0 Å². The number of aromatic nitrogens is 2. The standard InChI is InChI=1S/C14H17N3/c1-11(12-7-8-12)16-14-15-9-10-17(14)13-5-3-2-4-6-13/h2-6,9-12H,7-8H2,1H3,(H,15,16). The molecule has 3 heteroatoms. The highest BCUT2D eigenvalue weighted by Crippen LogP contribution is 2.33. The lowest BCUT2D eigenvalue weighted by Crippen LogP contribution is -2.19. The van der Waals surface area contributed by atoms with Crippen LogP contribution in [-0.4, -0.2) is 15.6 Å². The van der Waals surface area contributed by atoms with Gasteiger partial charge in [-0.3, -0.25) is 4.57 Å². The summed E-state index contributed by atoms with van der Waals surface area (Å²) in [4.78, 5) is 4.39. The molecule has 0 spiro atoms. The summed E-state index contributed by atoms with van der Waals surface area (Å²) in [6.07, 6.45) is 6.53. The molecule has 1 aromatic heterocycles. The molecule has 1 N–H and O–H groups in total. The molecule has 0 aliphatic heterocycles. The quantitative estimate of drug-likeness (QED) is 0.870. The van der Waals surface area contributed by atoms with Crippen molar-refractivity contribution in [1.29, 1.82) is 0 Å². The molecule has 1 heterocycles. The first kappa shape index (κ1) is 10.4. The molecule has 3 rings (SSSR count). The number of nitrogens with zero attached hydrogens (tertiary/aromatic N) is 2. The third kappa shape index (κ3) is 2.18. The third-order valence-corrected chi connectivity index (χ3v) is 3.36. The van der Waals surface area contributed by atoms with Gasteiger partial charge >= 0.3 is 0 Å². The van der Waals surface area contributed by atoms with E-state index in [2.05, 4.69) is 33.9 Å². The fraction of sp³-hybridized carbons (Fsp3) is 0.357. The first-order chi connectivity index (χ1) is 8.34. The summed E-state index contributed by atoms with van der Waals surface area (Å²) < 4.78 is 2.10. The second-order valence-corrected chi connectivity index (χ2v) is 4.73. The van der Waals surface area contributed by atoms with Gasteiger partial charge in [0.25, 0.3) is 0 Å². The van der Waals surface area contributed by atoms with Gasteiger partial charge in [-0.15, -0.1) is 0 Å². The summed E-state index contributed by atoms with van der Waals surface area (Å²) in [5, 5.41) is 3.50. The number of hydrogen-bond donors (Lipinski definition) is 1. The lowest BCUT2D eigenvalue weighted by molar-refractivity contribution is 0.684. The predicted molar refractivity (Wildman–Crippen MR) is 69.4 cm³/mol. The average Bonchev–Trinajstić information content (AvgIpc) is 3.12. The normalized spacial score (nSPS) is 16.8. The predicted octanol–water partition coefficient (Wildman–Crippen LogP) is 3.08. The van der Waals surface area contributed by atoms with Crippen molar-refractivity contribution >= 4 is 5.95 Å². The minimum Gasteiger partial charge on any atom is -0.353 e. The Morgan fingerprint density at radius 2 is 2.06 bits per heavy atom. The fourth-order valence-electron chi connectivity index (χ4n) is 2.12. The SMILES string of the molecule is CC(Nc1nccn1-c1ccccc1)C1CC1. The zero-order chi connectivity index (χ0) is 11.7. The van der Waals surface area contributed by atoms with E-state index < -0.39 is 0 Å². The molecule has 1 fully saturated rings. The summed E-state index contributed by atoms with van der Waals surface area (Å²) >= 11 is 0. The van der Waals surface area contributed by atoms with Gasteiger partial charge in [-0.1, -0.05) is 18.2 Å². The Bertz CT molecular complexity index is 485. The molecular weight excluding hydrogens is 210 g/mol. The molecule has 1 atom stereocenters. The van der Waals surface area contributed by atoms with Crippen LogP contribution in [0, 0.1) is 5.92 Å². The highest BCUT2D eigenvalue weighted by Gasteiger charge is 2.28. The molecule has 1 unspecified atom stereocenters. The molecule has 1 saturated carbocycles. The van der Waals surface area contributed by atoms with Crippen molar-refractivity contribution in [2.45, 2.75) is 25.8 Å². The van der Waals surface area contributed by atoms with E-state index in [-0.39, 0.29) is 0 Å². The molecule has 2 aromatic rings. The van der Waals surface area contributed by atoms with E-state index >= 15 is 0 Å². The van der Waals surface area contributed by atoms with E-state index in [1.54, 1.807) is 0 Å². The van der Waals surface area contributed by atoms with Crippen LogP contribution in [0.3, 0.4) is 0 Å². The molecule has 88 valence electrons. The molecule has 0 amide bonds. The maximum Gasteiger partial charge on any atom is 0.207 e. The Kier molecular flexibility index (Phi) is 2.59. The highest BCUT2D eigenvalue weighted by molar-refractivity contribution is 5.42. The van der Waals surface area contributed by atoms with Gasteiger partial charge in [-0.05, 0) is 37.8 Å². The molecule has 1 aliphatic carbocycles. The Labute approximate surface area is 101 Å². The molecule has 0 saturated heterocycles. The number of nitrogens with one attached hydrogen (secondary N) is 1. The number of para-hydroxylation sites is 1. The maximum absolute atomic E-state index is 4.39. The van der Waals surface area contributed by atoms with Crippen LogP contribution in [-0.2, 0) is 0 Å². The molecule has 0 bridgehead atoms. The first-order valence-corrected chi connectivity index (χ1v) is 6.20.